The third-order valence-electron chi connectivity index (χ3n) is 5.96. The van der Waals surface area contributed by atoms with E-state index < -0.39 is 0 Å². The predicted molar refractivity (Wildman–Crippen MR) is 138 cm³/mol. The molecule has 0 fully saturated rings. The Hall–Kier alpha value is -2.94. The van der Waals surface area contributed by atoms with Crippen molar-refractivity contribution >= 4 is 5.69 Å². The highest BCUT2D eigenvalue weighted by Gasteiger charge is 2.17. The van der Waals surface area contributed by atoms with Gasteiger partial charge in [-0.15, -0.1) is 0 Å². The van der Waals surface area contributed by atoms with Crippen molar-refractivity contribution < 1.29 is 28.4 Å². The summed E-state index contributed by atoms with van der Waals surface area (Å²) in [6.07, 6.45) is -0.440. The molecule has 1 aliphatic heterocycles. The van der Waals surface area contributed by atoms with Gasteiger partial charge in [0, 0.05) is 16.8 Å². The lowest BCUT2D eigenvalue weighted by Crippen LogP contribution is -2.18. The van der Waals surface area contributed by atoms with Crippen LogP contribution in [0.2, 0.25) is 0 Å². The third kappa shape index (κ3) is 7.53. The van der Waals surface area contributed by atoms with Crippen LogP contribution in [0.4, 0.5) is 5.69 Å². The van der Waals surface area contributed by atoms with E-state index in [0.29, 0.717) is 64.3 Å². The van der Waals surface area contributed by atoms with Gasteiger partial charge in [0.05, 0.1) is 60.0 Å². The molecule has 3 aromatic carbocycles. The highest BCUT2D eigenvalue weighted by Crippen LogP contribution is 2.30. The lowest BCUT2D eigenvalue weighted by Gasteiger charge is -2.22. The smallest absolute Gasteiger partial charge is 0.130 e. The van der Waals surface area contributed by atoms with Gasteiger partial charge in [0.1, 0.15) is 18.0 Å². The zero-order valence-corrected chi connectivity index (χ0v) is 20.8. The van der Waals surface area contributed by atoms with E-state index in [0.717, 1.165) is 22.3 Å². The van der Waals surface area contributed by atoms with Crippen LogP contribution >= 0.6 is 0 Å². The molecule has 2 N–H and O–H groups in total. The summed E-state index contributed by atoms with van der Waals surface area (Å²) in [6.45, 7) is 3.25. The second-order valence-electron chi connectivity index (χ2n) is 8.56. The number of ether oxygens (including phenoxy) is 6. The Balaban J connectivity index is 1.53. The molecule has 7 nitrogen and oxygen atoms in total. The van der Waals surface area contributed by atoms with Crippen LogP contribution in [0, 0.1) is 0 Å². The molecule has 0 amide bonds. The number of nitrogens with two attached hydrogens (primary N) is 1. The predicted octanol–water partition coefficient (Wildman–Crippen LogP) is 4.86. The van der Waals surface area contributed by atoms with Gasteiger partial charge in [-0.1, -0.05) is 60.7 Å². The number of hydrogen-bond donors (Lipinski definition) is 1. The molecule has 0 radical (unpaired) electrons. The first-order chi connectivity index (χ1) is 17.7. The van der Waals surface area contributed by atoms with Gasteiger partial charge in [-0.25, -0.2) is 0 Å². The molecular weight excluding hydrogens is 458 g/mol. The summed E-state index contributed by atoms with van der Waals surface area (Å²) in [5.74, 6) is 0.716. The first kappa shape index (κ1) is 26.1. The fraction of sp³-hybridized carbons (Fsp3) is 0.379. The SMILES string of the molecule is COc1c2cc(N)cc1COC[C@H](c1ccccc1)OCCOCCOC(c1ccccc1)COC2. The Bertz CT molecular complexity index is 968. The van der Waals surface area contributed by atoms with Crippen molar-refractivity contribution in [3.63, 3.8) is 0 Å². The van der Waals surface area contributed by atoms with Crippen molar-refractivity contribution in [3.05, 3.63) is 95.1 Å². The van der Waals surface area contributed by atoms with Gasteiger partial charge in [0.15, 0.2) is 0 Å². The van der Waals surface area contributed by atoms with Crippen molar-refractivity contribution in [1.29, 1.82) is 0 Å². The summed E-state index contributed by atoms with van der Waals surface area (Å²) in [6, 6.07) is 23.8. The molecule has 7 heteroatoms. The van der Waals surface area contributed by atoms with Crippen LogP contribution in [0.25, 0.3) is 0 Å². The van der Waals surface area contributed by atoms with Gasteiger partial charge >= 0.3 is 0 Å². The first-order valence-electron chi connectivity index (χ1n) is 12.3. The zero-order chi connectivity index (χ0) is 25.0. The van der Waals surface area contributed by atoms with Crippen LogP contribution < -0.4 is 10.5 Å². The van der Waals surface area contributed by atoms with E-state index >= 15 is 0 Å². The number of fused-ring (bicyclic) bond motifs is 2. The molecule has 192 valence electrons. The van der Waals surface area contributed by atoms with E-state index in [1.165, 1.54) is 0 Å². The first-order valence-corrected chi connectivity index (χ1v) is 12.3. The second-order valence-corrected chi connectivity index (χ2v) is 8.56. The summed E-state index contributed by atoms with van der Waals surface area (Å²) in [7, 11) is 1.65. The molecule has 2 bridgehead atoms. The molecule has 1 unspecified atom stereocenters. The third-order valence-corrected chi connectivity index (χ3v) is 5.96. The lowest BCUT2D eigenvalue weighted by molar-refractivity contribution is -0.0645. The average molecular weight is 494 g/mol. The highest BCUT2D eigenvalue weighted by atomic mass is 16.6. The van der Waals surface area contributed by atoms with E-state index in [1.54, 1.807) is 7.11 Å². The van der Waals surface area contributed by atoms with E-state index in [1.807, 2.05) is 72.8 Å². The van der Waals surface area contributed by atoms with Gasteiger partial charge in [0.25, 0.3) is 0 Å². The molecule has 0 saturated heterocycles. The molecular formula is C29H35NO6. The number of benzene rings is 3. The normalized spacial score (nSPS) is 20.7. The van der Waals surface area contributed by atoms with Crippen molar-refractivity contribution in [2.75, 3.05) is 52.5 Å². The number of nitrogen functional groups attached to an aromatic ring is 1. The van der Waals surface area contributed by atoms with Crippen molar-refractivity contribution in [2.24, 2.45) is 0 Å². The summed E-state index contributed by atoms with van der Waals surface area (Å²) >= 11 is 0. The van der Waals surface area contributed by atoms with Crippen LogP contribution in [0.3, 0.4) is 0 Å². The van der Waals surface area contributed by atoms with Crippen LogP contribution in [-0.4, -0.2) is 46.8 Å². The lowest BCUT2D eigenvalue weighted by atomic mass is 10.1. The summed E-state index contributed by atoms with van der Waals surface area (Å²) in [5, 5.41) is 0. The zero-order valence-electron chi connectivity index (χ0n) is 20.8. The quantitative estimate of drug-likeness (QED) is 0.522. The Morgan fingerprint density at radius 2 is 1.14 bits per heavy atom. The van der Waals surface area contributed by atoms with E-state index in [-0.39, 0.29) is 12.2 Å². The Labute approximate surface area is 213 Å². The largest absolute Gasteiger partial charge is 0.496 e. The van der Waals surface area contributed by atoms with Crippen LogP contribution in [0.1, 0.15) is 34.5 Å². The minimum absolute atomic E-state index is 0.220. The van der Waals surface area contributed by atoms with Gasteiger partial charge in [0.2, 0.25) is 0 Å². The summed E-state index contributed by atoms with van der Waals surface area (Å²) in [4.78, 5) is 0. The molecule has 1 aliphatic rings. The van der Waals surface area contributed by atoms with E-state index in [2.05, 4.69) is 0 Å². The minimum Gasteiger partial charge on any atom is -0.496 e. The number of rotatable bonds is 3. The number of anilines is 1. The maximum atomic E-state index is 6.22. The molecule has 1 heterocycles. The van der Waals surface area contributed by atoms with Crippen LogP contribution in [0.5, 0.6) is 5.75 Å². The highest BCUT2D eigenvalue weighted by molar-refractivity contribution is 5.53. The van der Waals surface area contributed by atoms with Gasteiger partial charge in [-0.2, -0.15) is 0 Å². The van der Waals surface area contributed by atoms with E-state index in [9.17, 15) is 0 Å². The summed E-state index contributed by atoms with van der Waals surface area (Å²) < 4.78 is 36.0. The van der Waals surface area contributed by atoms with Gasteiger partial charge in [-0.05, 0) is 23.3 Å². The molecule has 0 aliphatic carbocycles. The Morgan fingerprint density at radius 3 is 1.58 bits per heavy atom. The van der Waals surface area contributed by atoms with E-state index in [4.69, 9.17) is 34.2 Å². The molecule has 0 aromatic heterocycles. The molecule has 4 rings (SSSR count). The average Bonchev–Trinajstić information content (AvgIpc) is 2.91. The number of methoxy groups -OCH3 is 1. The van der Waals surface area contributed by atoms with Crippen LogP contribution in [-0.2, 0) is 36.9 Å². The van der Waals surface area contributed by atoms with Crippen molar-refractivity contribution in [1.82, 2.24) is 0 Å². The Morgan fingerprint density at radius 1 is 0.667 bits per heavy atom. The van der Waals surface area contributed by atoms with Gasteiger partial charge < -0.3 is 34.2 Å². The standard InChI is InChI=1S/C29H35NO6/c1-31-29-24-16-26(30)17-25(29)19-34-21-28(23-10-6-3-7-11-23)36-15-13-32-12-14-35-27(20-33-18-24)22-8-4-2-5-9-22/h2-11,16-17,27-28H,12-15,18-21,30H2,1H3/t27-,28?/m1/s1. The molecule has 0 saturated carbocycles. The monoisotopic (exact) mass is 493 g/mol. The fourth-order valence-electron chi connectivity index (χ4n) is 4.23. The molecule has 36 heavy (non-hydrogen) atoms. The van der Waals surface area contributed by atoms with Gasteiger partial charge in [-0.3, -0.25) is 0 Å². The second kappa shape index (κ2) is 14.0. The fourth-order valence-corrected chi connectivity index (χ4v) is 4.23. The topological polar surface area (TPSA) is 81.4 Å². The van der Waals surface area contributed by atoms with Crippen molar-refractivity contribution in [3.8, 4) is 5.75 Å². The minimum atomic E-state index is -0.220. The Kier molecular flexibility index (Phi) is 10.1. The number of hydrogen-bond acceptors (Lipinski definition) is 7. The maximum Gasteiger partial charge on any atom is 0.130 e. The molecule has 0 spiro atoms. The molecule has 2 atom stereocenters. The summed E-state index contributed by atoms with van der Waals surface area (Å²) in [5.41, 5.74) is 10.7. The maximum absolute atomic E-state index is 6.22. The van der Waals surface area contributed by atoms with Crippen molar-refractivity contribution in [2.45, 2.75) is 25.4 Å². The molecule has 3 aromatic rings. The van der Waals surface area contributed by atoms with Crippen LogP contribution in [0.15, 0.2) is 72.8 Å².